The fourth-order valence-electron chi connectivity index (χ4n) is 1.79. The van der Waals surface area contributed by atoms with Gasteiger partial charge in [-0.25, -0.2) is 4.79 Å². The number of hydrogen-bond acceptors (Lipinski definition) is 5. The lowest BCUT2D eigenvalue weighted by atomic mass is 10.2. The van der Waals surface area contributed by atoms with E-state index in [1.165, 1.54) is 17.8 Å². The molecule has 3 N–H and O–H groups in total. The highest BCUT2D eigenvalue weighted by atomic mass is 32.2. The Morgan fingerprint density at radius 3 is 2.90 bits per heavy atom. The van der Waals surface area contributed by atoms with Crippen molar-refractivity contribution in [3.05, 3.63) is 48.2 Å². The van der Waals surface area contributed by atoms with Gasteiger partial charge in [-0.2, -0.15) is 0 Å². The summed E-state index contributed by atoms with van der Waals surface area (Å²) >= 11 is 1.24. The van der Waals surface area contributed by atoms with Crippen LogP contribution in [-0.2, 0) is 0 Å². The smallest absolute Gasteiger partial charge is 0.336 e. The second-order valence-electron chi connectivity index (χ2n) is 4.07. The van der Waals surface area contributed by atoms with E-state index >= 15 is 0 Å². The molecule has 0 fully saturated rings. The van der Waals surface area contributed by atoms with Crippen molar-refractivity contribution >= 4 is 29.1 Å². The number of nitrogens with two attached hydrogens (primary N) is 1. The highest BCUT2D eigenvalue weighted by Gasteiger charge is 2.14. The topological polar surface area (TPSA) is 93.5 Å². The van der Waals surface area contributed by atoms with Crippen LogP contribution < -0.4 is 5.73 Å². The molecule has 2 heterocycles. The number of pyridine rings is 1. The lowest BCUT2D eigenvalue weighted by Crippen LogP contribution is -2.01. The van der Waals surface area contributed by atoms with Gasteiger partial charge in [-0.15, -0.1) is 10.2 Å². The fourth-order valence-corrected chi connectivity index (χ4v) is 2.71. The van der Waals surface area contributed by atoms with E-state index in [-0.39, 0.29) is 5.56 Å². The summed E-state index contributed by atoms with van der Waals surface area (Å²) in [6.07, 6.45) is 1.83. The summed E-state index contributed by atoms with van der Waals surface area (Å²) < 4.78 is 1.80. The van der Waals surface area contributed by atoms with Gasteiger partial charge in [0.2, 0.25) is 0 Å². The largest absolute Gasteiger partial charge is 0.478 e. The van der Waals surface area contributed by atoms with Crippen LogP contribution in [0, 0.1) is 0 Å². The van der Waals surface area contributed by atoms with E-state index in [1.54, 1.807) is 16.5 Å². The maximum Gasteiger partial charge on any atom is 0.336 e. The molecule has 0 unspecified atom stereocenters. The van der Waals surface area contributed by atoms with Crippen molar-refractivity contribution in [2.45, 2.75) is 10.1 Å². The van der Waals surface area contributed by atoms with Crippen LogP contribution in [0.4, 0.5) is 5.69 Å². The van der Waals surface area contributed by atoms with Crippen LogP contribution in [0.1, 0.15) is 10.4 Å². The number of nitrogen functional groups attached to an aromatic ring is 1. The van der Waals surface area contributed by atoms with Crippen molar-refractivity contribution in [2.24, 2.45) is 0 Å². The molecular weight excluding hydrogens is 276 g/mol. The normalized spacial score (nSPS) is 10.8. The average molecular weight is 286 g/mol. The third-order valence-electron chi connectivity index (χ3n) is 2.72. The SMILES string of the molecule is Nc1ccc(Sc2nnc3ccccn23)c(C(=O)O)c1. The molecule has 0 radical (unpaired) electrons. The summed E-state index contributed by atoms with van der Waals surface area (Å²) in [5, 5.41) is 17.9. The minimum Gasteiger partial charge on any atom is -0.478 e. The number of carboxylic acids is 1. The Morgan fingerprint density at radius 2 is 2.10 bits per heavy atom. The number of aromatic nitrogens is 3. The van der Waals surface area contributed by atoms with Crippen molar-refractivity contribution in [3.8, 4) is 0 Å². The molecule has 100 valence electrons. The van der Waals surface area contributed by atoms with Crippen molar-refractivity contribution in [1.29, 1.82) is 0 Å². The summed E-state index contributed by atoms with van der Waals surface area (Å²) in [6, 6.07) is 10.3. The van der Waals surface area contributed by atoms with Gasteiger partial charge in [-0.3, -0.25) is 4.40 Å². The zero-order valence-corrected chi connectivity index (χ0v) is 11.0. The van der Waals surface area contributed by atoms with Gasteiger partial charge in [0.1, 0.15) is 0 Å². The second-order valence-corrected chi connectivity index (χ2v) is 5.08. The molecule has 0 saturated carbocycles. The third-order valence-corrected chi connectivity index (χ3v) is 3.75. The lowest BCUT2D eigenvalue weighted by Gasteiger charge is -2.05. The molecule has 0 saturated heterocycles. The average Bonchev–Trinajstić information content (AvgIpc) is 2.84. The van der Waals surface area contributed by atoms with Gasteiger partial charge >= 0.3 is 5.97 Å². The predicted molar refractivity (Wildman–Crippen MR) is 74.9 cm³/mol. The van der Waals surface area contributed by atoms with Gasteiger partial charge in [0, 0.05) is 16.8 Å². The number of rotatable bonds is 3. The van der Waals surface area contributed by atoms with Crippen LogP contribution in [-0.4, -0.2) is 25.7 Å². The van der Waals surface area contributed by atoms with Crippen molar-refractivity contribution in [2.75, 3.05) is 5.73 Å². The molecule has 0 bridgehead atoms. The van der Waals surface area contributed by atoms with E-state index in [9.17, 15) is 9.90 Å². The standard InChI is InChI=1S/C13H10N4O2S/c14-8-4-5-10(9(7-8)12(18)19)20-13-16-15-11-3-1-2-6-17(11)13/h1-7H,14H2,(H,18,19). The molecule has 20 heavy (non-hydrogen) atoms. The van der Waals surface area contributed by atoms with Gasteiger partial charge in [0.15, 0.2) is 10.8 Å². The number of aromatic carboxylic acids is 1. The molecule has 0 amide bonds. The molecule has 3 aromatic rings. The monoisotopic (exact) mass is 286 g/mol. The Balaban J connectivity index is 2.05. The van der Waals surface area contributed by atoms with E-state index in [1.807, 2.05) is 24.4 Å². The Hall–Kier alpha value is -2.54. The molecule has 0 aliphatic carbocycles. The third kappa shape index (κ3) is 2.19. The first kappa shape index (κ1) is 12.5. The lowest BCUT2D eigenvalue weighted by molar-refractivity contribution is 0.0693. The second kappa shape index (κ2) is 4.86. The minimum atomic E-state index is -1.02. The fraction of sp³-hybridized carbons (Fsp3) is 0. The van der Waals surface area contributed by atoms with E-state index < -0.39 is 5.97 Å². The zero-order valence-electron chi connectivity index (χ0n) is 10.2. The van der Waals surface area contributed by atoms with Gasteiger partial charge in [0.05, 0.1) is 5.56 Å². The number of benzene rings is 1. The molecule has 0 atom stereocenters. The molecule has 0 spiro atoms. The molecule has 7 heteroatoms. The van der Waals surface area contributed by atoms with Crippen LogP contribution in [0.3, 0.4) is 0 Å². The van der Waals surface area contributed by atoms with Gasteiger partial charge < -0.3 is 10.8 Å². The summed E-state index contributed by atoms with van der Waals surface area (Å²) in [6.45, 7) is 0. The molecule has 1 aromatic carbocycles. The number of fused-ring (bicyclic) bond motifs is 1. The van der Waals surface area contributed by atoms with Gasteiger partial charge in [-0.05, 0) is 42.1 Å². The maximum atomic E-state index is 11.3. The Bertz CT molecular complexity index is 800. The van der Waals surface area contributed by atoms with Crippen LogP contribution in [0.2, 0.25) is 0 Å². The van der Waals surface area contributed by atoms with Crippen molar-refractivity contribution in [3.63, 3.8) is 0 Å². The van der Waals surface area contributed by atoms with Gasteiger partial charge in [0.25, 0.3) is 0 Å². The summed E-state index contributed by atoms with van der Waals surface area (Å²) in [5.74, 6) is -1.02. The van der Waals surface area contributed by atoms with Crippen molar-refractivity contribution in [1.82, 2.24) is 14.6 Å². The first-order chi connectivity index (χ1) is 9.65. The Kier molecular flexibility index (Phi) is 3.03. The Labute approximate surface area is 118 Å². The maximum absolute atomic E-state index is 11.3. The number of carboxylic acid groups (broad SMARTS) is 1. The van der Waals surface area contributed by atoms with Crippen LogP contribution in [0.25, 0.3) is 5.65 Å². The number of carbonyl (C=O) groups is 1. The molecule has 0 aliphatic heterocycles. The zero-order chi connectivity index (χ0) is 14.1. The van der Waals surface area contributed by atoms with Crippen LogP contribution >= 0.6 is 11.8 Å². The van der Waals surface area contributed by atoms with Crippen LogP contribution in [0.5, 0.6) is 0 Å². The van der Waals surface area contributed by atoms with E-state index in [0.29, 0.717) is 21.4 Å². The summed E-state index contributed by atoms with van der Waals surface area (Å²) in [4.78, 5) is 11.8. The number of nitrogens with zero attached hydrogens (tertiary/aromatic N) is 3. The van der Waals surface area contributed by atoms with E-state index in [4.69, 9.17) is 5.73 Å². The molecule has 0 aliphatic rings. The Morgan fingerprint density at radius 1 is 1.25 bits per heavy atom. The first-order valence-corrected chi connectivity index (χ1v) is 6.57. The highest BCUT2D eigenvalue weighted by Crippen LogP contribution is 2.30. The number of hydrogen-bond donors (Lipinski definition) is 2. The first-order valence-electron chi connectivity index (χ1n) is 5.75. The molecule has 6 nitrogen and oxygen atoms in total. The molecule has 2 aromatic heterocycles. The number of anilines is 1. The van der Waals surface area contributed by atoms with Crippen molar-refractivity contribution < 1.29 is 9.90 Å². The minimum absolute atomic E-state index is 0.155. The molecule has 3 rings (SSSR count). The van der Waals surface area contributed by atoms with E-state index in [0.717, 1.165) is 0 Å². The molecular formula is C13H10N4O2S. The predicted octanol–water partition coefficient (Wildman–Crippen LogP) is 2.16. The summed E-state index contributed by atoms with van der Waals surface area (Å²) in [7, 11) is 0. The quantitative estimate of drug-likeness (QED) is 0.717. The van der Waals surface area contributed by atoms with E-state index in [2.05, 4.69) is 10.2 Å². The highest BCUT2D eigenvalue weighted by molar-refractivity contribution is 7.99. The van der Waals surface area contributed by atoms with Gasteiger partial charge in [-0.1, -0.05) is 6.07 Å². The van der Waals surface area contributed by atoms with Crippen LogP contribution in [0.15, 0.2) is 52.6 Å². The summed E-state index contributed by atoms with van der Waals surface area (Å²) in [5.41, 5.74) is 6.90.